The second kappa shape index (κ2) is 6.34. The number of esters is 1. The van der Waals surface area contributed by atoms with Crippen molar-refractivity contribution in [3.63, 3.8) is 0 Å². The van der Waals surface area contributed by atoms with Crippen LogP contribution in [-0.4, -0.2) is 30.1 Å². The third-order valence-corrected chi connectivity index (χ3v) is 2.99. The van der Waals surface area contributed by atoms with E-state index >= 15 is 0 Å². The van der Waals surface area contributed by atoms with Crippen LogP contribution >= 0.6 is 34.2 Å². The van der Waals surface area contributed by atoms with Gasteiger partial charge in [-0.15, -0.1) is 0 Å². The first-order chi connectivity index (χ1) is 7.54. The van der Waals surface area contributed by atoms with Gasteiger partial charge in [0.25, 0.3) is 0 Å². The van der Waals surface area contributed by atoms with Crippen LogP contribution in [0.25, 0.3) is 0 Å². The van der Waals surface area contributed by atoms with Crippen LogP contribution in [0, 0.1) is 5.92 Å². The summed E-state index contributed by atoms with van der Waals surface area (Å²) < 4.78 is 5.55. The lowest BCUT2D eigenvalue weighted by atomic mass is 9.99. The molecule has 0 saturated heterocycles. The lowest BCUT2D eigenvalue weighted by Crippen LogP contribution is -2.26. The van der Waals surface area contributed by atoms with Crippen LogP contribution in [0.1, 0.15) is 13.3 Å². The fourth-order valence-corrected chi connectivity index (χ4v) is 2.07. The molecule has 1 heterocycles. The Morgan fingerprint density at radius 3 is 2.94 bits per heavy atom. The molecule has 0 amide bonds. The number of alkyl halides is 1. The van der Waals surface area contributed by atoms with Crippen LogP contribution in [0.2, 0.25) is 0 Å². The molecule has 0 spiro atoms. The number of carbonyl (C=O) groups is 2. The van der Waals surface area contributed by atoms with Crippen molar-refractivity contribution < 1.29 is 14.3 Å². The Bertz CT molecular complexity index is 354. The zero-order chi connectivity index (χ0) is 12.1. The number of hydrogen-bond donors (Lipinski definition) is 0. The number of allylic oxidation sites excluding steroid dienone is 1. The predicted molar refractivity (Wildman–Crippen MR) is 70.0 cm³/mol. The Morgan fingerprint density at radius 2 is 2.31 bits per heavy atom. The van der Waals surface area contributed by atoms with E-state index in [0.717, 1.165) is 3.58 Å². The second-order valence-electron chi connectivity index (χ2n) is 3.18. The minimum atomic E-state index is -0.625. The lowest BCUT2D eigenvalue weighted by Gasteiger charge is -2.17. The number of nitrogens with zero attached hydrogens (tertiary/aromatic N) is 1. The number of Topliss-reactive ketones (excluding diaryl/α,β-unsaturated/α-hetero) is 1. The topological polar surface area (TPSA) is 55.7 Å². The van der Waals surface area contributed by atoms with Crippen molar-refractivity contribution in [3.05, 3.63) is 9.66 Å². The molecule has 2 unspecified atom stereocenters. The molecule has 0 fully saturated rings. The minimum absolute atomic E-state index is 0.252. The number of carbonyl (C=O) groups excluding carboxylic acids is 2. The van der Waals surface area contributed by atoms with Gasteiger partial charge in [-0.05, 0) is 29.5 Å². The van der Waals surface area contributed by atoms with Gasteiger partial charge in [0, 0.05) is 9.79 Å². The van der Waals surface area contributed by atoms with E-state index in [0.29, 0.717) is 0 Å². The van der Waals surface area contributed by atoms with E-state index in [1.165, 1.54) is 0 Å². The minimum Gasteiger partial charge on any atom is -0.466 e. The molecule has 6 heteroatoms. The first-order valence-corrected chi connectivity index (χ1v) is 6.29. The molecular weight excluding hydrogens is 344 g/mol. The normalized spacial score (nSPS) is 23.8. The summed E-state index contributed by atoms with van der Waals surface area (Å²) in [7, 11) is 0. The fraction of sp³-hybridized carbons (Fsp3) is 0.500. The van der Waals surface area contributed by atoms with Crippen molar-refractivity contribution in [1.29, 1.82) is 0 Å². The first-order valence-electron chi connectivity index (χ1n) is 4.77. The van der Waals surface area contributed by atoms with E-state index in [-0.39, 0.29) is 18.8 Å². The zero-order valence-electron chi connectivity index (χ0n) is 8.65. The van der Waals surface area contributed by atoms with E-state index in [1.54, 1.807) is 19.2 Å². The first kappa shape index (κ1) is 13.6. The number of hydrogen-bond acceptors (Lipinski definition) is 4. The maximum absolute atomic E-state index is 11.7. The standard InChI is InChI=1S/C10H11ClINO3/c1-2-16-9(15)4-8(14)7-3-6(12)5-13-10(7)11/h3,5,7,10H,2,4H2,1H3. The van der Waals surface area contributed by atoms with Crippen LogP contribution in [0.3, 0.4) is 0 Å². The monoisotopic (exact) mass is 355 g/mol. The van der Waals surface area contributed by atoms with Gasteiger partial charge in [-0.3, -0.25) is 14.6 Å². The quantitative estimate of drug-likeness (QED) is 0.255. The zero-order valence-corrected chi connectivity index (χ0v) is 11.6. The summed E-state index contributed by atoms with van der Waals surface area (Å²) in [6, 6.07) is 0. The second-order valence-corrected chi connectivity index (χ2v) is 4.87. The molecule has 0 aromatic heterocycles. The van der Waals surface area contributed by atoms with Gasteiger partial charge < -0.3 is 4.74 Å². The van der Waals surface area contributed by atoms with E-state index < -0.39 is 17.4 Å². The number of dihydropyridines is 1. The van der Waals surface area contributed by atoms with Crippen molar-refractivity contribution in [2.75, 3.05) is 6.61 Å². The summed E-state index contributed by atoms with van der Waals surface area (Å²) in [4.78, 5) is 26.8. The van der Waals surface area contributed by atoms with Crippen molar-refractivity contribution in [1.82, 2.24) is 0 Å². The van der Waals surface area contributed by atoms with Crippen molar-refractivity contribution in [3.8, 4) is 0 Å². The average Bonchev–Trinajstić information content (AvgIpc) is 2.21. The molecule has 2 atom stereocenters. The predicted octanol–water partition coefficient (Wildman–Crippen LogP) is 2.09. The van der Waals surface area contributed by atoms with E-state index in [9.17, 15) is 9.59 Å². The van der Waals surface area contributed by atoms with Gasteiger partial charge in [-0.2, -0.15) is 0 Å². The summed E-state index contributed by atoms with van der Waals surface area (Å²) in [6.45, 7) is 1.97. The van der Waals surface area contributed by atoms with Gasteiger partial charge in [-0.1, -0.05) is 17.7 Å². The van der Waals surface area contributed by atoms with Crippen LogP contribution < -0.4 is 0 Å². The Morgan fingerprint density at radius 1 is 1.62 bits per heavy atom. The summed E-state index contributed by atoms with van der Waals surface area (Å²) in [5.74, 6) is -1.32. The molecule has 0 aromatic rings. The fourth-order valence-electron chi connectivity index (χ4n) is 1.25. The molecule has 0 bridgehead atoms. The van der Waals surface area contributed by atoms with Gasteiger partial charge in [0.05, 0.1) is 12.5 Å². The maximum Gasteiger partial charge on any atom is 0.313 e. The molecule has 0 aromatic carbocycles. The van der Waals surface area contributed by atoms with Crippen molar-refractivity contribution in [2.24, 2.45) is 10.9 Å². The lowest BCUT2D eigenvalue weighted by molar-refractivity contribution is -0.146. The highest BCUT2D eigenvalue weighted by Crippen LogP contribution is 2.24. The molecule has 1 aliphatic heterocycles. The third kappa shape index (κ3) is 3.86. The highest BCUT2D eigenvalue weighted by atomic mass is 127. The highest BCUT2D eigenvalue weighted by Gasteiger charge is 2.28. The van der Waals surface area contributed by atoms with Crippen LogP contribution in [-0.2, 0) is 14.3 Å². The number of rotatable bonds is 4. The van der Waals surface area contributed by atoms with Gasteiger partial charge in [0.2, 0.25) is 0 Å². The number of ketones is 1. The molecule has 0 radical (unpaired) electrons. The molecule has 1 aliphatic rings. The third-order valence-electron chi connectivity index (χ3n) is 1.97. The number of ether oxygens (including phenoxy) is 1. The summed E-state index contributed by atoms with van der Waals surface area (Å²) in [6.07, 6.45) is 3.07. The molecule has 0 aliphatic carbocycles. The number of halogens is 2. The summed E-state index contributed by atoms with van der Waals surface area (Å²) in [5.41, 5.74) is -0.625. The van der Waals surface area contributed by atoms with Gasteiger partial charge in [0.1, 0.15) is 11.9 Å². The van der Waals surface area contributed by atoms with Gasteiger partial charge in [-0.25, -0.2) is 0 Å². The van der Waals surface area contributed by atoms with Crippen LogP contribution in [0.5, 0.6) is 0 Å². The van der Waals surface area contributed by atoms with Crippen LogP contribution in [0.15, 0.2) is 14.6 Å². The van der Waals surface area contributed by atoms with Gasteiger partial charge >= 0.3 is 5.97 Å². The molecule has 0 N–H and O–H groups in total. The Balaban J connectivity index is 2.60. The van der Waals surface area contributed by atoms with E-state index in [2.05, 4.69) is 27.6 Å². The SMILES string of the molecule is CCOC(=O)CC(=O)C1C=C(I)C=NC1Cl. The Kier molecular flexibility index (Phi) is 5.40. The highest BCUT2D eigenvalue weighted by molar-refractivity contribution is 14.1. The molecule has 16 heavy (non-hydrogen) atoms. The average molecular weight is 356 g/mol. The molecule has 0 saturated carbocycles. The largest absolute Gasteiger partial charge is 0.466 e. The molecule has 1 rings (SSSR count). The molecular formula is C10H11ClINO3. The molecule has 88 valence electrons. The maximum atomic E-state index is 11.7. The Hall–Kier alpha value is -0.430. The van der Waals surface area contributed by atoms with E-state index in [1.807, 2.05) is 0 Å². The smallest absolute Gasteiger partial charge is 0.313 e. The van der Waals surface area contributed by atoms with Crippen molar-refractivity contribution >= 4 is 52.2 Å². The summed E-state index contributed by atoms with van der Waals surface area (Å²) in [5, 5.41) is 0. The number of aliphatic imine (C=N–C) groups is 1. The Labute approximate surface area is 112 Å². The van der Waals surface area contributed by atoms with Crippen molar-refractivity contribution in [2.45, 2.75) is 18.8 Å². The summed E-state index contributed by atoms with van der Waals surface area (Å²) >= 11 is 7.93. The van der Waals surface area contributed by atoms with Gasteiger partial charge in [0.15, 0.2) is 5.78 Å². The van der Waals surface area contributed by atoms with E-state index in [4.69, 9.17) is 16.3 Å². The molecule has 4 nitrogen and oxygen atoms in total. The van der Waals surface area contributed by atoms with Crippen LogP contribution in [0.4, 0.5) is 0 Å².